The van der Waals surface area contributed by atoms with Crippen molar-refractivity contribution in [3.05, 3.63) is 18.2 Å². The zero-order valence-electron chi connectivity index (χ0n) is 14.8. The third kappa shape index (κ3) is 4.11. The van der Waals surface area contributed by atoms with E-state index in [1.807, 2.05) is 6.92 Å². The number of hydrogen-bond donors (Lipinski definition) is 1. The maximum absolute atomic E-state index is 13.1. The van der Waals surface area contributed by atoms with Gasteiger partial charge in [-0.3, -0.25) is 4.79 Å². The molecule has 1 saturated heterocycles. The molecule has 1 fully saturated rings. The van der Waals surface area contributed by atoms with Crippen molar-refractivity contribution in [3.63, 3.8) is 0 Å². The fraction of sp³-hybridized carbons (Fsp3) is 0.588. The smallest absolute Gasteiger partial charge is 0.243 e. The normalized spacial score (nSPS) is 20.6. The lowest BCUT2D eigenvalue weighted by molar-refractivity contribution is -0.123. The molecule has 8 nitrogen and oxygen atoms in total. The van der Waals surface area contributed by atoms with Crippen LogP contribution in [0.3, 0.4) is 0 Å². The van der Waals surface area contributed by atoms with Crippen LogP contribution in [-0.4, -0.2) is 64.2 Å². The second-order valence-corrected chi connectivity index (χ2v) is 8.09. The maximum Gasteiger partial charge on any atom is 0.243 e. The molecule has 144 valence electrons. The summed E-state index contributed by atoms with van der Waals surface area (Å²) >= 11 is 0. The van der Waals surface area contributed by atoms with Crippen LogP contribution in [0.4, 0.5) is 0 Å². The van der Waals surface area contributed by atoms with Crippen molar-refractivity contribution in [2.75, 3.05) is 39.5 Å². The molecule has 0 aliphatic carbocycles. The predicted octanol–water partition coefficient (Wildman–Crippen LogP) is 0.764. The SMILES string of the molecule is CCCNC(=O)C[C@H]1COCCN1S(=O)(=O)c1ccc2c(c1)OCCO2. The van der Waals surface area contributed by atoms with Crippen molar-refractivity contribution in [3.8, 4) is 11.5 Å². The third-order valence-corrected chi connectivity index (χ3v) is 6.23. The van der Waals surface area contributed by atoms with Crippen molar-refractivity contribution in [2.24, 2.45) is 0 Å². The van der Waals surface area contributed by atoms with Gasteiger partial charge in [-0.2, -0.15) is 4.31 Å². The number of nitrogens with one attached hydrogen (secondary N) is 1. The van der Waals surface area contributed by atoms with Crippen LogP contribution in [0.25, 0.3) is 0 Å². The number of fused-ring (bicyclic) bond motifs is 1. The van der Waals surface area contributed by atoms with Crippen molar-refractivity contribution in [1.29, 1.82) is 0 Å². The van der Waals surface area contributed by atoms with Crippen LogP contribution in [0.5, 0.6) is 11.5 Å². The number of morpholine rings is 1. The molecule has 2 heterocycles. The highest BCUT2D eigenvalue weighted by molar-refractivity contribution is 7.89. The first-order valence-electron chi connectivity index (χ1n) is 8.78. The number of amides is 1. The number of rotatable bonds is 6. The van der Waals surface area contributed by atoms with Crippen molar-refractivity contribution in [2.45, 2.75) is 30.7 Å². The number of carbonyl (C=O) groups is 1. The van der Waals surface area contributed by atoms with Gasteiger partial charge in [-0.1, -0.05) is 6.92 Å². The molecule has 2 aliphatic heterocycles. The highest BCUT2D eigenvalue weighted by atomic mass is 32.2. The van der Waals surface area contributed by atoms with E-state index in [-0.39, 0.29) is 30.4 Å². The summed E-state index contributed by atoms with van der Waals surface area (Å²) in [5, 5.41) is 2.78. The lowest BCUT2D eigenvalue weighted by atomic mass is 10.2. The van der Waals surface area contributed by atoms with Gasteiger partial charge in [0.05, 0.1) is 24.2 Å². The number of ether oxygens (including phenoxy) is 3. The fourth-order valence-electron chi connectivity index (χ4n) is 2.99. The molecule has 1 atom stereocenters. The van der Waals surface area contributed by atoms with E-state index in [1.54, 1.807) is 6.07 Å². The van der Waals surface area contributed by atoms with Crippen LogP contribution in [0, 0.1) is 0 Å². The van der Waals surface area contributed by atoms with E-state index < -0.39 is 16.1 Å². The first kappa shape index (κ1) is 18.9. The Balaban J connectivity index is 1.80. The largest absolute Gasteiger partial charge is 0.486 e. The summed E-state index contributed by atoms with van der Waals surface area (Å²) in [5.74, 6) is 0.778. The number of sulfonamides is 1. The molecule has 1 aromatic carbocycles. The Morgan fingerprint density at radius 2 is 2.00 bits per heavy atom. The molecule has 0 unspecified atom stereocenters. The minimum atomic E-state index is -3.77. The van der Waals surface area contributed by atoms with Gasteiger partial charge in [0.1, 0.15) is 13.2 Å². The lowest BCUT2D eigenvalue weighted by Crippen LogP contribution is -2.50. The van der Waals surface area contributed by atoms with E-state index >= 15 is 0 Å². The van der Waals surface area contributed by atoms with Crippen molar-refractivity contribution < 1.29 is 27.4 Å². The molecule has 1 N–H and O–H groups in total. The molecular formula is C17H24N2O6S. The number of carbonyl (C=O) groups excluding carboxylic acids is 1. The first-order chi connectivity index (χ1) is 12.5. The Morgan fingerprint density at radius 3 is 2.77 bits per heavy atom. The van der Waals surface area contributed by atoms with E-state index in [4.69, 9.17) is 14.2 Å². The van der Waals surface area contributed by atoms with Crippen LogP contribution >= 0.6 is 0 Å². The summed E-state index contributed by atoms with van der Waals surface area (Å²) in [7, 11) is -3.77. The maximum atomic E-state index is 13.1. The Morgan fingerprint density at radius 1 is 1.23 bits per heavy atom. The standard InChI is InChI=1S/C17H24N2O6S/c1-2-5-18-17(20)10-13-12-23-7-6-19(13)26(21,22)14-3-4-15-16(11-14)25-9-8-24-15/h3-4,11,13H,2,5-10,12H2,1H3,(H,18,20)/t13-/m0/s1. The molecule has 0 saturated carbocycles. The minimum absolute atomic E-state index is 0.0732. The van der Waals surface area contributed by atoms with Gasteiger partial charge in [-0.25, -0.2) is 8.42 Å². The molecule has 1 amide bonds. The number of hydrogen-bond acceptors (Lipinski definition) is 6. The Labute approximate surface area is 153 Å². The van der Waals surface area contributed by atoms with Gasteiger partial charge >= 0.3 is 0 Å². The highest BCUT2D eigenvalue weighted by Gasteiger charge is 2.35. The molecule has 0 spiro atoms. The summed E-state index contributed by atoms with van der Waals surface area (Å²) in [5.41, 5.74) is 0. The van der Waals surface area contributed by atoms with Crippen LogP contribution in [0.15, 0.2) is 23.1 Å². The third-order valence-electron chi connectivity index (χ3n) is 4.29. The van der Waals surface area contributed by atoms with Gasteiger partial charge in [0, 0.05) is 25.6 Å². The molecule has 9 heteroatoms. The Bertz CT molecular complexity index is 752. The van der Waals surface area contributed by atoms with Gasteiger partial charge in [0.15, 0.2) is 11.5 Å². The van der Waals surface area contributed by atoms with Gasteiger partial charge < -0.3 is 19.5 Å². The zero-order valence-corrected chi connectivity index (χ0v) is 15.6. The second kappa shape index (κ2) is 8.24. The quantitative estimate of drug-likeness (QED) is 0.778. The van der Waals surface area contributed by atoms with Crippen LogP contribution in [0.1, 0.15) is 19.8 Å². The fourth-order valence-corrected chi connectivity index (χ4v) is 4.60. The van der Waals surface area contributed by atoms with E-state index in [0.29, 0.717) is 37.9 Å². The average molecular weight is 384 g/mol. The first-order valence-corrected chi connectivity index (χ1v) is 10.2. The van der Waals surface area contributed by atoms with Crippen molar-refractivity contribution >= 4 is 15.9 Å². The zero-order chi connectivity index (χ0) is 18.6. The van der Waals surface area contributed by atoms with Gasteiger partial charge in [-0.15, -0.1) is 0 Å². The van der Waals surface area contributed by atoms with Crippen LogP contribution in [0.2, 0.25) is 0 Å². The van der Waals surface area contributed by atoms with Crippen LogP contribution in [-0.2, 0) is 19.6 Å². The summed E-state index contributed by atoms with van der Waals surface area (Å²) < 4.78 is 43.9. The topological polar surface area (TPSA) is 94.2 Å². The average Bonchev–Trinajstić information content (AvgIpc) is 2.66. The number of nitrogens with zero attached hydrogens (tertiary/aromatic N) is 1. The minimum Gasteiger partial charge on any atom is -0.486 e. The summed E-state index contributed by atoms with van der Waals surface area (Å²) in [6.07, 6.45) is 0.899. The highest BCUT2D eigenvalue weighted by Crippen LogP contribution is 2.34. The monoisotopic (exact) mass is 384 g/mol. The molecule has 1 aromatic rings. The molecule has 26 heavy (non-hydrogen) atoms. The van der Waals surface area contributed by atoms with Crippen molar-refractivity contribution in [1.82, 2.24) is 9.62 Å². The number of benzene rings is 1. The van der Waals surface area contributed by atoms with Gasteiger partial charge in [-0.05, 0) is 18.6 Å². The summed E-state index contributed by atoms with van der Waals surface area (Å²) in [6.45, 7) is 4.07. The van der Waals surface area contributed by atoms with Gasteiger partial charge in [0.25, 0.3) is 0 Å². The molecular weight excluding hydrogens is 360 g/mol. The van der Waals surface area contributed by atoms with E-state index in [2.05, 4.69) is 5.32 Å². The van der Waals surface area contributed by atoms with Gasteiger partial charge in [0.2, 0.25) is 15.9 Å². The predicted molar refractivity (Wildman–Crippen MR) is 93.8 cm³/mol. The summed E-state index contributed by atoms with van der Waals surface area (Å²) in [4.78, 5) is 12.2. The summed E-state index contributed by atoms with van der Waals surface area (Å²) in [6, 6.07) is 4.06. The Hall–Kier alpha value is -1.84. The molecule has 0 bridgehead atoms. The second-order valence-electron chi connectivity index (χ2n) is 6.20. The lowest BCUT2D eigenvalue weighted by Gasteiger charge is -2.34. The molecule has 0 radical (unpaired) electrons. The van der Waals surface area contributed by atoms with E-state index in [9.17, 15) is 13.2 Å². The van der Waals surface area contributed by atoms with Crippen LogP contribution < -0.4 is 14.8 Å². The molecule has 0 aromatic heterocycles. The molecule has 3 rings (SSSR count). The Kier molecular flexibility index (Phi) is 6.00. The molecule has 2 aliphatic rings. The van der Waals surface area contributed by atoms with E-state index in [0.717, 1.165) is 6.42 Å². The van der Waals surface area contributed by atoms with E-state index in [1.165, 1.54) is 16.4 Å².